The Labute approximate surface area is 116 Å². The molecule has 0 aliphatic heterocycles. The van der Waals surface area contributed by atoms with E-state index in [1.54, 1.807) is 19.1 Å². The molecule has 0 aliphatic rings. The van der Waals surface area contributed by atoms with Gasteiger partial charge in [-0.25, -0.2) is 13.1 Å². The number of nitrogens with two attached hydrogens (primary N) is 1. The molecule has 0 saturated carbocycles. The second kappa shape index (κ2) is 7.03. The first kappa shape index (κ1) is 16.1. The molecular weight excluding hydrogens is 260 g/mol. The van der Waals surface area contributed by atoms with E-state index in [-0.39, 0.29) is 12.6 Å². The lowest BCUT2D eigenvalue weighted by atomic mass is 10.0. The molecule has 0 radical (unpaired) electrons. The number of sulfonamides is 1. The van der Waals surface area contributed by atoms with Crippen LogP contribution in [0.3, 0.4) is 0 Å². The molecular formula is C14H24N2O2S. The molecule has 3 N–H and O–H groups in total. The summed E-state index contributed by atoms with van der Waals surface area (Å²) in [4.78, 5) is 0.293. The van der Waals surface area contributed by atoms with Gasteiger partial charge in [0.2, 0.25) is 10.0 Å². The molecule has 1 atom stereocenters. The van der Waals surface area contributed by atoms with E-state index in [1.165, 1.54) is 5.56 Å². The quantitative estimate of drug-likeness (QED) is 0.803. The third kappa shape index (κ3) is 5.30. The largest absolute Gasteiger partial charge is 0.329 e. The zero-order chi connectivity index (χ0) is 14.5. The second-order valence-corrected chi connectivity index (χ2v) is 7.05. The minimum absolute atomic E-state index is 0.259. The molecule has 0 amide bonds. The number of benzene rings is 1. The maximum absolute atomic E-state index is 12.0. The average molecular weight is 284 g/mol. The Bertz CT molecular complexity index is 481. The van der Waals surface area contributed by atoms with Gasteiger partial charge < -0.3 is 5.73 Å². The minimum atomic E-state index is -3.45. The van der Waals surface area contributed by atoms with Crippen LogP contribution in [-0.2, 0) is 16.4 Å². The first-order valence-corrected chi connectivity index (χ1v) is 8.15. The number of nitrogens with one attached hydrogen (secondary N) is 1. The van der Waals surface area contributed by atoms with Gasteiger partial charge in [-0.15, -0.1) is 0 Å². The van der Waals surface area contributed by atoms with Crippen LogP contribution in [0.15, 0.2) is 29.2 Å². The highest BCUT2D eigenvalue weighted by Gasteiger charge is 2.16. The van der Waals surface area contributed by atoms with Gasteiger partial charge in [0.15, 0.2) is 0 Å². The molecule has 5 heteroatoms. The Morgan fingerprint density at radius 2 is 1.74 bits per heavy atom. The van der Waals surface area contributed by atoms with E-state index in [9.17, 15) is 8.42 Å². The smallest absolute Gasteiger partial charge is 0.240 e. The molecule has 0 spiro atoms. The van der Waals surface area contributed by atoms with E-state index in [4.69, 9.17) is 5.73 Å². The van der Waals surface area contributed by atoms with Crippen LogP contribution in [0.4, 0.5) is 0 Å². The lowest BCUT2D eigenvalue weighted by Crippen LogP contribution is -2.37. The standard InChI is InChI=1S/C14H24N2O2S/c1-11(2)4-5-13-6-8-14(9-7-13)19(17,18)16-12(3)10-15/h6-9,11-12,16H,4-5,10,15H2,1-3H3/t12-/m0/s1. The van der Waals surface area contributed by atoms with Crippen molar-refractivity contribution in [1.29, 1.82) is 0 Å². The number of rotatable bonds is 7. The molecule has 1 aromatic rings. The molecule has 19 heavy (non-hydrogen) atoms. The predicted molar refractivity (Wildman–Crippen MR) is 78.4 cm³/mol. The maximum atomic E-state index is 12.0. The maximum Gasteiger partial charge on any atom is 0.240 e. The molecule has 0 unspecified atom stereocenters. The second-order valence-electron chi connectivity index (χ2n) is 5.33. The van der Waals surface area contributed by atoms with Gasteiger partial charge in [0.1, 0.15) is 0 Å². The summed E-state index contributed by atoms with van der Waals surface area (Å²) in [5.41, 5.74) is 6.59. The summed E-state index contributed by atoms with van der Waals surface area (Å²) in [5, 5.41) is 0. The van der Waals surface area contributed by atoms with Gasteiger partial charge in [-0.2, -0.15) is 0 Å². The highest BCUT2D eigenvalue weighted by molar-refractivity contribution is 7.89. The molecule has 0 aliphatic carbocycles. The van der Waals surface area contributed by atoms with Crippen LogP contribution in [0.1, 0.15) is 32.8 Å². The number of aryl methyl sites for hydroxylation is 1. The van der Waals surface area contributed by atoms with Crippen molar-refractivity contribution in [3.8, 4) is 0 Å². The van der Waals surface area contributed by atoms with Crippen molar-refractivity contribution in [3.63, 3.8) is 0 Å². The van der Waals surface area contributed by atoms with E-state index in [0.29, 0.717) is 10.8 Å². The zero-order valence-corrected chi connectivity index (χ0v) is 12.7. The van der Waals surface area contributed by atoms with Crippen LogP contribution < -0.4 is 10.5 Å². The SMILES string of the molecule is CC(C)CCc1ccc(S(=O)(=O)N[C@@H](C)CN)cc1. The molecule has 1 aromatic carbocycles. The van der Waals surface area contributed by atoms with Gasteiger partial charge in [0, 0.05) is 12.6 Å². The summed E-state index contributed by atoms with van der Waals surface area (Å²) in [5.74, 6) is 0.649. The highest BCUT2D eigenvalue weighted by atomic mass is 32.2. The zero-order valence-electron chi connectivity index (χ0n) is 11.9. The summed E-state index contributed by atoms with van der Waals surface area (Å²) < 4.78 is 26.6. The monoisotopic (exact) mass is 284 g/mol. The highest BCUT2D eigenvalue weighted by Crippen LogP contribution is 2.14. The normalized spacial score (nSPS) is 13.7. The van der Waals surface area contributed by atoms with Crippen molar-refractivity contribution in [2.24, 2.45) is 11.7 Å². The van der Waals surface area contributed by atoms with E-state index in [1.807, 2.05) is 12.1 Å². The van der Waals surface area contributed by atoms with Crippen LogP contribution in [0, 0.1) is 5.92 Å². The molecule has 0 bridgehead atoms. The first-order valence-electron chi connectivity index (χ1n) is 6.66. The Morgan fingerprint density at radius 1 is 1.16 bits per heavy atom. The van der Waals surface area contributed by atoms with E-state index in [0.717, 1.165) is 12.8 Å². The average Bonchev–Trinajstić information content (AvgIpc) is 2.36. The van der Waals surface area contributed by atoms with Gasteiger partial charge in [-0.05, 0) is 43.4 Å². The van der Waals surface area contributed by atoms with Crippen LogP contribution in [-0.4, -0.2) is 21.0 Å². The molecule has 0 fully saturated rings. The van der Waals surface area contributed by atoms with Gasteiger partial charge in [0.25, 0.3) is 0 Å². The Hall–Kier alpha value is -0.910. The summed E-state index contributed by atoms with van der Waals surface area (Å²) in [6.45, 7) is 6.38. The Kier molecular flexibility index (Phi) is 5.97. The third-order valence-corrected chi connectivity index (χ3v) is 4.56. The van der Waals surface area contributed by atoms with Gasteiger partial charge in [-0.3, -0.25) is 0 Å². The van der Waals surface area contributed by atoms with Crippen molar-refractivity contribution in [1.82, 2.24) is 4.72 Å². The third-order valence-electron chi connectivity index (χ3n) is 2.95. The Morgan fingerprint density at radius 3 is 2.21 bits per heavy atom. The molecule has 1 rings (SSSR count). The molecule has 4 nitrogen and oxygen atoms in total. The predicted octanol–water partition coefficient (Wildman–Crippen LogP) is 1.90. The van der Waals surface area contributed by atoms with Crippen molar-refractivity contribution in [2.75, 3.05) is 6.54 Å². The fraction of sp³-hybridized carbons (Fsp3) is 0.571. The van der Waals surface area contributed by atoms with Crippen molar-refractivity contribution in [2.45, 2.75) is 44.6 Å². The summed E-state index contributed by atoms with van der Waals surface area (Å²) in [6.07, 6.45) is 2.08. The fourth-order valence-electron chi connectivity index (χ4n) is 1.67. The lowest BCUT2D eigenvalue weighted by Gasteiger charge is -2.12. The van der Waals surface area contributed by atoms with Crippen molar-refractivity contribution < 1.29 is 8.42 Å². The Balaban J connectivity index is 2.75. The molecule has 0 heterocycles. The lowest BCUT2D eigenvalue weighted by molar-refractivity contribution is 0.562. The first-order chi connectivity index (χ1) is 8.85. The van der Waals surface area contributed by atoms with Crippen LogP contribution in [0.25, 0.3) is 0 Å². The van der Waals surface area contributed by atoms with Crippen LogP contribution >= 0.6 is 0 Å². The van der Waals surface area contributed by atoms with Gasteiger partial charge in [-0.1, -0.05) is 26.0 Å². The molecule has 0 aromatic heterocycles. The fourth-order valence-corrected chi connectivity index (χ4v) is 2.93. The van der Waals surface area contributed by atoms with E-state index < -0.39 is 10.0 Å². The topological polar surface area (TPSA) is 72.2 Å². The van der Waals surface area contributed by atoms with Crippen molar-refractivity contribution >= 4 is 10.0 Å². The minimum Gasteiger partial charge on any atom is -0.329 e. The molecule has 108 valence electrons. The summed E-state index contributed by atoms with van der Waals surface area (Å²) in [7, 11) is -3.45. The van der Waals surface area contributed by atoms with E-state index in [2.05, 4.69) is 18.6 Å². The summed E-state index contributed by atoms with van der Waals surface area (Å²) >= 11 is 0. The van der Waals surface area contributed by atoms with Crippen LogP contribution in [0.2, 0.25) is 0 Å². The van der Waals surface area contributed by atoms with Crippen molar-refractivity contribution in [3.05, 3.63) is 29.8 Å². The van der Waals surface area contributed by atoms with Crippen LogP contribution in [0.5, 0.6) is 0 Å². The number of hydrogen-bond acceptors (Lipinski definition) is 3. The molecule has 0 saturated heterocycles. The summed E-state index contributed by atoms with van der Waals surface area (Å²) in [6, 6.07) is 6.81. The van der Waals surface area contributed by atoms with E-state index >= 15 is 0 Å². The number of hydrogen-bond donors (Lipinski definition) is 2. The van der Waals surface area contributed by atoms with Gasteiger partial charge >= 0.3 is 0 Å². The van der Waals surface area contributed by atoms with Gasteiger partial charge in [0.05, 0.1) is 4.90 Å².